The van der Waals surface area contributed by atoms with Gasteiger partial charge in [0.05, 0.1) is 13.2 Å². The normalized spacial score (nSPS) is 13.5. The van der Waals surface area contributed by atoms with Crippen LogP contribution in [0.15, 0.2) is 24.3 Å². The first-order chi connectivity index (χ1) is 26.8. The molecule has 0 radical (unpaired) electrons. The second-order valence-corrected chi connectivity index (χ2v) is 16.9. The van der Waals surface area contributed by atoms with E-state index in [0.29, 0.717) is 12.8 Å². The van der Waals surface area contributed by atoms with Gasteiger partial charge in [-0.25, -0.2) is 4.57 Å². The second kappa shape index (κ2) is 42.1. The predicted octanol–water partition coefficient (Wildman–Crippen LogP) is 14.6. The van der Waals surface area contributed by atoms with Crippen LogP contribution in [0, 0.1) is 0 Å². The molecule has 0 spiro atoms. The van der Waals surface area contributed by atoms with Crippen LogP contribution in [0.2, 0.25) is 0 Å². The number of rotatable bonds is 43. The summed E-state index contributed by atoms with van der Waals surface area (Å²) in [6.07, 6.45) is 46.6. The van der Waals surface area contributed by atoms with Crippen LogP contribution in [0.3, 0.4) is 0 Å². The first-order valence-electron chi connectivity index (χ1n) is 23.1. The maximum Gasteiger partial charge on any atom is 0.472 e. The molecule has 8 nitrogen and oxygen atoms in total. The van der Waals surface area contributed by atoms with Gasteiger partial charge in [0, 0.05) is 12.8 Å². The van der Waals surface area contributed by atoms with Crippen molar-refractivity contribution in [2.24, 2.45) is 0 Å². The highest BCUT2D eigenvalue weighted by Crippen LogP contribution is 2.43. The Morgan fingerprint density at radius 1 is 0.491 bits per heavy atom. The van der Waals surface area contributed by atoms with Gasteiger partial charge in [0.15, 0.2) is 6.10 Å². The molecule has 0 rings (SSSR count). The van der Waals surface area contributed by atoms with Gasteiger partial charge in [-0.05, 0) is 51.9 Å². The van der Waals surface area contributed by atoms with Crippen molar-refractivity contribution >= 4 is 19.8 Å². The van der Waals surface area contributed by atoms with Gasteiger partial charge in [0.1, 0.15) is 6.61 Å². The Hall–Kier alpha value is -1.47. The van der Waals surface area contributed by atoms with E-state index in [2.05, 4.69) is 38.2 Å². The Labute approximate surface area is 339 Å². The molecule has 0 saturated carbocycles. The van der Waals surface area contributed by atoms with Crippen LogP contribution in [-0.4, -0.2) is 42.8 Å². The van der Waals surface area contributed by atoms with Crippen molar-refractivity contribution in [3.63, 3.8) is 0 Å². The summed E-state index contributed by atoms with van der Waals surface area (Å²) in [4.78, 5) is 34.8. The molecule has 324 valence electrons. The lowest BCUT2D eigenvalue weighted by atomic mass is 10.0. The summed E-state index contributed by atoms with van der Waals surface area (Å²) in [5.74, 6) is -0.796. The molecule has 0 aliphatic carbocycles. The third kappa shape index (κ3) is 42.0. The lowest BCUT2D eigenvalue weighted by Crippen LogP contribution is -2.29. The van der Waals surface area contributed by atoms with Gasteiger partial charge < -0.3 is 14.4 Å². The number of allylic oxidation sites excluding steroid dienone is 4. The average molecular weight is 799 g/mol. The van der Waals surface area contributed by atoms with E-state index in [1.807, 2.05) is 0 Å². The van der Waals surface area contributed by atoms with Crippen molar-refractivity contribution in [3.8, 4) is 0 Å². The molecule has 0 aliphatic heterocycles. The van der Waals surface area contributed by atoms with E-state index >= 15 is 0 Å². The van der Waals surface area contributed by atoms with Crippen molar-refractivity contribution in [1.82, 2.24) is 0 Å². The summed E-state index contributed by atoms with van der Waals surface area (Å²) < 4.78 is 32.7. The zero-order valence-electron chi connectivity index (χ0n) is 36.1. The summed E-state index contributed by atoms with van der Waals surface area (Å²) in [5, 5.41) is 0. The van der Waals surface area contributed by atoms with E-state index in [9.17, 15) is 19.0 Å². The first-order valence-corrected chi connectivity index (χ1v) is 24.6. The predicted molar refractivity (Wildman–Crippen MR) is 230 cm³/mol. The van der Waals surface area contributed by atoms with Gasteiger partial charge >= 0.3 is 19.8 Å². The fourth-order valence-corrected chi connectivity index (χ4v) is 7.36. The standard InChI is InChI=1S/C46H87O8P/c1-4-7-9-11-13-15-17-19-21-23-25-26-28-30-32-34-36-38-40-45(47)51-42-44(43-53-55(49,50)52-6-3)54-46(48)41-39-37-35-33-31-29-27-24-22-20-18-16-14-12-10-8-5-2/h14,16,20,22,44H,4-13,15,17-19,21,23-43H2,1-3H3,(H,49,50)/b16-14-,22-20-. The summed E-state index contributed by atoms with van der Waals surface area (Å²) in [7, 11) is -4.28. The van der Waals surface area contributed by atoms with E-state index in [-0.39, 0.29) is 25.6 Å². The topological polar surface area (TPSA) is 108 Å². The summed E-state index contributed by atoms with van der Waals surface area (Å²) in [6, 6.07) is 0. The van der Waals surface area contributed by atoms with Crippen LogP contribution >= 0.6 is 7.82 Å². The molecular weight excluding hydrogens is 711 g/mol. The SMILES string of the molecule is CCCCC/C=C\C/C=C\CCCCCCCCCC(=O)OC(COC(=O)CCCCCCCCCCCCCCCCCCCC)COP(=O)(O)OCC. The van der Waals surface area contributed by atoms with Crippen LogP contribution < -0.4 is 0 Å². The van der Waals surface area contributed by atoms with Crippen LogP contribution in [0.25, 0.3) is 0 Å². The van der Waals surface area contributed by atoms with Crippen molar-refractivity contribution in [1.29, 1.82) is 0 Å². The maximum atomic E-state index is 12.6. The molecular formula is C46H87O8P. The number of phosphoric ester groups is 1. The molecule has 0 aromatic carbocycles. The van der Waals surface area contributed by atoms with E-state index in [4.69, 9.17) is 18.5 Å². The highest BCUT2D eigenvalue weighted by atomic mass is 31.2. The van der Waals surface area contributed by atoms with Crippen molar-refractivity contribution in [2.45, 2.75) is 239 Å². The molecule has 2 atom stereocenters. The summed E-state index contributed by atoms with van der Waals surface area (Å²) in [5.41, 5.74) is 0. The molecule has 55 heavy (non-hydrogen) atoms. The number of unbranched alkanes of at least 4 members (excludes halogenated alkanes) is 27. The minimum atomic E-state index is -4.28. The molecule has 0 aromatic rings. The number of esters is 2. The van der Waals surface area contributed by atoms with Gasteiger partial charge in [0.2, 0.25) is 0 Å². The Balaban J connectivity index is 4.02. The number of ether oxygens (including phenoxy) is 2. The molecule has 9 heteroatoms. The van der Waals surface area contributed by atoms with Gasteiger partial charge in [-0.2, -0.15) is 0 Å². The molecule has 0 bridgehead atoms. The average Bonchev–Trinajstić information content (AvgIpc) is 3.16. The van der Waals surface area contributed by atoms with Crippen LogP contribution in [0.5, 0.6) is 0 Å². The second-order valence-electron chi connectivity index (χ2n) is 15.4. The summed E-state index contributed by atoms with van der Waals surface area (Å²) >= 11 is 0. The third-order valence-electron chi connectivity index (χ3n) is 10.0. The van der Waals surface area contributed by atoms with Crippen LogP contribution in [-0.2, 0) is 32.7 Å². The largest absolute Gasteiger partial charge is 0.472 e. The Morgan fingerprint density at radius 3 is 1.33 bits per heavy atom. The minimum Gasteiger partial charge on any atom is -0.462 e. The smallest absolute Gasteiger partial charge is 0.462 e. The van der Waals surface area contributed by atoms with Crippen molar-refractivity contribution in [2.75, 3.05) is 19.8 Å². The molecule has 0 aromatic heterocycles. The monoisotopic (exact) mass is 799 g/mol. The fourth-order valence-electron chi connectivity index (χ4n) is 6.60. The van der Waals surface area contributed by atoms with Crippen molar-refractivity contribution < 1.29 is 37.6 Å². The minimum absolute atomic E-state index is 0.000785. The third-order valence-corrected chi connectivity index (χ3v) is 11.1. The maximum absolute atomic E-state index is 12.6. The molecule has 0 aliphatic rings. The number of carbonyl (C=O) groups excluding carboxylic acids is 2. The van der Waals surface area contributed by atoms with Crippen LogP contribution in [0.1, 0.15) is 233 Å². The van der Waals surface area contributed by atoms with Gasteiger partial charge in [-0.15, -0.1) is 0 Å². The highest BCUT2D eigenvalue weighted by Gasteiger charge is 2.25. The molecule has 0 saturated heterocycles. The number of hydrogen-bond donors (Lipinski definition) is 1. The number of phosphoric acid groups is 1. The molecule has 2 unspecified atom stereocenters. The molecule has 0 fully saturated rings. The zero-order valence-corrected chi connectivity index (χ0v) is 37.0. The van der Waals surface area contributed by atoms with Gasteiger partial charge in [0.25, 0.3) is 0 Å². The van der Waals surface area contributed by atoms with E-state index in [1.165, 1.54) is 141 Å². The lowest BCUT2D eigenvalue weighted by Gasteiger charge is -2.19. The quantitative estimate of drug-likeness (QED) is 0.0281. The number of hydrogen-bond acceptors (Lipinski definition) is 7. The van der Waals surface area contributed by atoms with E-state index in [1.54, 1.807) is 6.92 Å². The zero-order chi connectivity index (χ0) is 40.3. The van der Waals surface area contributed by atoms with E-state index < -0.39 is 26.5 Å². The highest BCUT2D eigenvalue weighted by molar-refractivity contribution is 7.47. The Bertz CT molecular complexity index is 952. The van der Waals surface area contributed by atoms with Crippen molar-refractivity contribution in [3.05, 3.63) is 24.3 Å². The van der Waals surface area contributed by atoms with E-state index in [0.717, 1.165) is 51.4 Å². The first kappa shape index (κ1) is 53.5. The lowest BCUT2D eigenvalue weighted by molar-refractivity contribution is -0.161. The fraction of sp³-hybridized carbons (Fsp3) is 0.870. The number of carbonyl (C=O) groups is 2. The van der Waals surface area contributed by atoms with Gasteiger partial charge in [-0.1, -0.05) is 192 Å². The molecule has 0 heterocycles. The molecule has 0 amide bonds. The Morgan fingerprint density at radius 2 is 0.873 bits per heavy atom. The van der Waals surface area contributed by atoms with Crippen LogP contribution in [0.4, 0.5) is 0 Å². The molecule has 1 N–H and O–H groups in total. The Kier molecular flexibility index (Phi) is 41.0. The van der Waals surface area contributed by atoms with Gasteiger partial charge in [-0.3, -0.25) is 18.6 Å². The summed E-state index contributed by atoms with van der Waals surface area (Å²) in [6.45, 7) is 5.48.